The van der Waals surface area contributed by atoms with Gasteiger partial charge in [0.25, 0.3) is 0 Å². The maximum absolute atomic E-state index is 12.4. The van der Waals surface area contributed by atoms with E-state index in [4.69, 9.17) is 15.0 Å². The van der Waals surface area contributed by atoms with Crippen LogP contribution >= 0.6 is 0 Å². The highest BCUT2D eigenvalue weighted by atomic mass is 16.5. The summed E-state index contributed by atoms with van der Waals surface area (Å²) in [6.07, 6.45) is 0.876. The molecule has 0 amide bonds. The maximum Gasteiger partial charge on any atom is 0.328 e. The molecule has 0 spiro atoms. The van der Waals surface area contributed by atoms with E-state index in [1.807, 2.05) is 31.2 Å². The molecule has 25 heavy (non-hydrogen) atoms. The minimum absolute atomic E-state index is 0.107. The van der Waals surface area contributed by atoms with Crippen molar-refractivity contribution in [2.24, 2.45) is 11.0 Å². The molecule has 1 aromatic rings. The lowest BCUT2D eigenvalue weighted by atomic mass is 9.85. The van der Waals surface area contributed by atoms with E-state index in [2.05, 4.69) is 10.0 Å². The van der Waals surface area contributed by atoms with Crippen molar-refractivity contribution >= 4 is 17.6 Å². The van der Waals surface area contributed by atoms with Crippen LogP contribution in [0.4, 0.5) is 5.69 Å². The average Bonchev–Trinajstić information content (AvgIpc) is 2.64. The number of carbonyl (C=O) groups excluding carboxylic acids is 2. The standard InChI is InChI=1S/C17H22N4O4/c1-11-6-4-5-7-13(11)21-14(16(22)24-2)8-12(10-19-20-18)9-15(21)17(23)25-3/h4-7,12,14-15H,8-10H2,1-3H3. The van der Waals surface area contributed by atoms with Crippen LogP contribution in [-0.2, 0) is 19.1 Å². The molecule has 1 aliphatic heterocycles. The fraction of sp³-hybridized carbons (Fsp3) is 0.529. The van der Waals surface area contributed by atoms with Gasteiger partial charge < -0.3 is 14.4 Å². The molecule has 0 N–H and O–H groups in total. The Kier molecular flexibility index (Phi) is 6.25. The number of piperidine rings is 1. The zero-order valence-electron chi connectivity index (χ0n) is 14.6. The van der Waals surface area contributed by atoms with Crippen LogP contribution in [0.25, 0.3) is 10.4 Å². The molecule has 0 bridgehead atoms. The van der Waals surface area contributed by atoms with Gasteiger partial charge in [-0.1, -0.05) is 23.3 Å². The quantitative estimate of drug-likeness (QED) is 0.353. The number of nitrogens with zero attached hydrogens (tertiary/aromatic N) is 4. The molecule has 0 radical (unpaired) electrons. The van der Waals surface area contributed by atoms with E-state index < -0.39 is 24.0 Å². The molecule has 1 aromatic carbocycles. The molecule has 1 heterocycles. The second-order valence-corrected chi connectivity index (χ2v) is 6.02. The van der Waals surface area contributed by atoms with E-state index in [1.54, 1.807) is 4.90 Å². The van der Waals surface area contributed by atoms with Gasteiger partial charge in [0.2, 0.25) is 0 Å². The molecular formula is C17H22N4O4. The molecule has 134 valence electrons. The molecule has 2 unspecified atom stereocenters. The normalized spacial score (nSPS) is 22.7. The van der Waals surface area contributed by atoms with Gasteiger partial charge in [0.15, 0.2) is 0 Å². The Labute approximate surface area is 146 Å². The summed E-state index contributed by atoms with van der Waals surface area (Å²) in [5.74, 6) is -0.963. The summed E-state index contributed by atoms with van der Waals surface area (Å²) >= 11 is 0. The first-order valence-electron chi connectivity index (χ1n) is 8.04. The van der Waals surface area contributed by atoms with Crippen molar-refractivity contribution in [2.75, 3.05) is 25.7 Å². The number of para-hydroxylation sites is 1. The number of benzene rings is 1. The van der Waals surface area contributed by atoms with Gasteiger partial charge in [0, 0.05) is 17.1 Å². The molecule has 8 heteroatoms. The van der Waals surface area contributed by atoms with Crippen LogP contribution in [0.1, 0.15) is 18.4 Å². The molecule has 8 nitrogen and oxygen atoms in total. The van der Waals surface area contributed by atoms with Crippen molar-refractivity contribution in [1.29, 1.82) is 0 Å². The van der Waals surface area contributed by atoms with Gasteiger partial charge >= 0.3 is 11.9 Å². The summed E-state index contributed by atoms with van der Waals surface area (Å²) in [5.41, 5.74) is 10.3. The van der Waals surface area contributed by atoms with Crippen molar-refractivity contribution in [3.63, 3.8) is 0 Å². The Morgan fingerprint density at radius 2 is 1.76 bits per heavy atom. The van der Waals surface area contributed by atoms with E-state index in [1.165, 1.54) is 14.2 Å². The topological polar surface area (TPSA) is 105 Å². The number of hydrogen-bond acceptors (Lipinski definition) is 6. The van der Waals surface area contributed by atoms with Crippen LogP contribution in [0.15, 0.2) is 29.4 Å². The smallest absolute Gasteiger partial charge is 0.328 e. The summed E-state index contributed by atoms with van der Waals surface area (Å²) in [7, 11) is 2.64. The first-order valence-corrected chi connectivity index (χ1v) is 8.04. The van der Waals surface area contributed by atoms with Crippen LogP contribution in [0.5, 0.6) is 0 Å². The maximum atomic E-state index is 12.4. The predicted octanol–water partition coefficient (Wildman–Crippen LogP) is 2.60. The molecule has 0 aromatic heterocycles. The van der Waals surface area contributed by atoms with Gasteiger partial charge in [-0.2, -0.15) is 0 Å². The lowest BCUT2D eigenvalue weighted by Gasteiger charge is -2.44. The van der Waals surface area contributed by atoms with Crippen LogP contribution in [0, 0.1) is 12.8 Å². The van der Waals surface area contributed by atoms with E-state index >= 15 is 0 Å². The number of methoxy groups -OCH3 is 2. The van der Waals surface area contributed by atoms with Crippen LogP contribution in [0.3, 0.4) is 0 Å². The number of ether oxygens (including phenoxy) is 2. The van der Waals surface area contributed by atoms with Gasteiger partial charge in [0.1, 0.15) is 12.1 Å². The second kappa shape index (κ2) is 8.39. The Morgan fingerprint density at radius 3 is 2.24 bits per heavy atom. The molecule has 1 fully saturated rings. The largest absolute Gasteiger partial charge is 0.467 e. The summed E-state index contributed by atoms with van der Waals surface area (Å²) < 4.78 is 9.92. The van der Waals surface area contributed by atoms with Crippen molar-refractivity contribution < 1.29 is 19.1 Å². The fourth-order valence-corrected chi connectivity index (χ4v) is 3.35. The van der Waals surface area contributed by atoms with Crippen LogP contribution < -0.4 is 4.90 Å². The van der Waals surface area contributed by atoms with E-state index in [0.717, 1.165) is 11.3 Å². The van der Waals surface area contributed by atoms with Crippen LogP contribution in [0.2, 0.25) is 0 Å². The van der Waals surface area contributed by atoms with E-state index in [-0.39, 0.29) is 12.5 Å². The number of carbonyl (C=O) groups is 2. The molecule has 0 aliphatic carbocycles. The zero-order chi connectivity index (χ0) is 18.4. The first-order chi connectivity index (χ1) is 12.0. The summed E-state index contributed by atoms with van der Waals surface area (Å²) in [5, 5.41) is 3.61. The number of anilines is 1. The minimum atomic E-state index is -0.650. The highest BCUT2D eigenvalue weighted by Crippen LogP contribution is 2.35. The molecule has 1 aliphatic rings. The number of aryl methyl sites for hydroxylation is 1. The lowest BCUT2D eigenvalue weighted by molar-refractivity contribution is -0.146. The van der Waals surface area contributed by atoms with E-state index in [0.29, 0.717) is 12.8 Å². The SMILES string of the molecule is COC(=O)C1CC(CN=[N+]=[N-])CC(C(=O)OC)N1c1ccccc1C. The van der Waals surface area contributed by atoms with Crippen molar-refractivity contribution in [1.82, 2.24) is 0 Å². The zero-order valence-corrected chi connectivity index (χ0v) is 14.6. The van der Waals surface area contributed by atoms with Gasteiger partial charge in [-0.25, -0.2) is 9.59 Å². The summed E-state index contributed by atoms with van der Waals surface area (Å²) in [4.78, 5) is 29.4. The highest BCUT2D eigenvalue weighted by molar-refractivity contribution is 5.87. The van der Waals surface area contributed by atoms with Crippen molar-refractivity contribution in [2.45, 2.75) is 31.8 Å². The number of rotatable bonds is 5. The molecule has 2 rings (SSSR count). The fourth-order valence-electron chi connectivity index (χ4n) is 3.35. The monoisotopic (exact) mass is 346 g/mol. The molecule has 2 atom stereocenters. The number of azide groups is 1. The third-order valence-electron chi connectivity index (χ3n) is 4.53. The predicted molar refractivity (Wildman–Crippen MR) is 92.0 cm³/mol. The lowest BCUT2D eigenvalue weighted by Crippen LogP contribution is -2.57. The van der Waals surface area contributed by atoms with Crippen molar-refractivity contribution in [3.8, 4) is 0 Å². The van der Waals surface area contributed by atoms with Crippen molar-refractivity contribution in [3.05, 3.63) is 40.3 Å². The first kappa shape index (κ1) is 18.6. The molecular weight excluding hydrogens is 324 g/mol. The Bertz CT molecular complexity index is 661. The van der Waals surface area contributed by atoms with Gasteiger partial charge in [-0.3, -0.25) is 0 Å². The summed E-state index contributed by atoms with van der Waals surface area (Å²) in [6.45, 7) is 2.14. The Morgan fingerprint density at radius 1 is 1.20 bits per heavy atom. The number of esters is 2. The third kappa shape index (κ3) is 4.03. The van der Waals surface area contributed by atoms with Gasteiger partial charge in [-0.05, 0) is 42.8 Å². The highest BCUT2D eigenvalue weighted by Gasteiger charge is 2.43. The minimum Gasteiger partial charge on any atom is -0.467 e. The third-order valence-corrected chi connectivity index (χ3v) is 4.53. The van der Waals surface area contributed by atoms with Crippen LogP contribution in [-0.4, -0.2) is 44.8 Å². The molecule has 0 saturated carbocycles. The second-order valence-electron chi connectivity index (χ2n) is 6.02. The average molecular weight is 346 g/mol. The Hall–Kier alpha value is -2.73. The van der Waals surface area contributed by atoms with Gasteiger partial charge in [-0.15, -0.1) is 0 Å². The van der Waals surface area contributed by atoms with E-state index in [9.17, 15) is 9.59 Å². The Balaban J connectivity index is 2.48. The van der Waals surface area contributed by atoms with Gasteiger partial charge in [0.05, 0.1) is 14.2 Å². The number of hydrogen-bond donors (Lipinski definition) is 0. The summed E-state index contributed by atoms with van der Waals surface area (Å²) in [6, 6.07) is 6.24. The molecule has 1 saturated heterocycles.